The van der Waals surface area contributed by atoms with E-state index in [4.69, 9.17) is 0 Å². The fraction of sp³-hybridized carbons (Fsp3) is 0. The number of fused-ring (bicyclic) bond motifs is 1. The quantitative estimate of drug-likeness (QED) is 0.681. The van der Waals surface area contributed by atoms with Crippen LogP contribution in [0.2, 0.25) is 0 Å². The van der Waals surface area contributed by atoms with Crippen molar-refractivity contribution in [2.45, 2.75) is 0 Å². The number of aromatic nitrogens is 3. The third-order valence-electron chi connectivity index (χ3n) is 2.59. The standard InChI is InChI=1S/C12H9BrN4O/c13-8-3-11(14-6-8)12(18)16-9-2-1-7-5-15-17-10(7)4-9/h1-6,14H,(H,15,17)(H,16,18). The highest BCUT2D eigenvalue weighted by Gasteiger charge is 2.08. The van der Waals surface area contributed by atoms with Crippen LogP contribution in [-0.4, -0.2) is 21.1 Å². The van der Waals surface area contributed by atoms with Crippen LogP contribution < -0.4 is 5.32 Å². The van der Waals surface area contributed by atoms with Gasteiger partial charge in [0.15, 0.2) is 0 Å². The molecule has 6 heteroatoms. The lowest BCUT2D eigenvalue weighted by Crippen LogP contribution is -2.11. The van der Waals surface area contributed by atoms with Gasteiger partial charge in [-0.2, -0.15) is 5.10 Å². The van der Waals surface area contributed by atoms with Crippen LogP contribution in [0, 0.1) is 0 Å². The largest absolute Gasteiger partial charge is 0.356 e. The first-order chi connectivity index (χ1) is 8.72. The maximum Gasteiger partial charge on any atom is 0.272 e. The van der Waals surface area contributed by atoms with Crippen LogP contribution >= 0.6 is 15.9 Å². The summed E-state index contributed by atoms with van der Waals surface area (Å²) in [7, 11) is 0. The van der Waals surface area contributed by atoms with Gasteiger partial charge in [0.2, 0.25) is 0 Å². The van der Waals surface area contributed by atoms with E-state index >= 15 is 0 Å². The zero-order chi connectivity index (χ0) is 12.5. The Morgan fingerprint density at radius 3 is 3.00 bits per heavy atom. The van der Waals surface area contributed by atoms with Gasteiger partial charge in [-0.1, -0.05) is 0 Å². The summed E-state index contributed by atoms with van der Waals surface area (Å²) in [5.41, 5.74) is 2.12. The summed E-state index contributed by atoms with van der Waals surface area (Å²) in [6.45, 7) is 0. The van der Waals surface area contributed by atoms with Crippen molar-refractivity contribution in [3.05, 3.63) is 46.8 Å². The van der Waals surface area contributed by atoms with Crippen LogP contribution in [0.15, 0.2) is 41.1 Å². The number of carbonyl (C=O) groups is 1. The summed E-state index contributed by atoms with van der Waals surface area (Å²) in [5.74, 6) is -0.181. The van der Waals surface area contributed by atoms with Gasteiger partial charge in [0.05, 0.1) is 11.7 Å². The van der Waals surface area contributed by atoms with E-state index in [0.29, 0.717) is 5.69 Å². The summed E-state index contributed by atoms with van der Waals surface area (Å²) in [6, 6.07) is 7.31. The maximum atomic E-state index is 11.9. The molecule has 2 heterocycles. The number of amides is 1. The lowest BCUT2D eigenvalue weighted by atomic mass is 10.2. The summed E-state index contributed by atoms with van der Waals surface area (Å²) in [6.07, 6.45) is 3.45. The molecule has 0 saturated carbocycles. The summed E-state index contributed by atoms with van der Waals surface area (Å²) >= 11 is 3.29. The minimum absolute atomic E-state index is 0.181. The van der Waals surface area contributed by atoms with Crippen molar-refractivity contribution in [3.63, 3.8) is 0 Å². The zero-order valence-electron chi connectivity index (χ0n) is 9.20. The molecule has 3 aromatic rings. The molecule has 1 aromatic carbocycles. The molecule has 0 atom stereocenters. The molecule has 0 bridgehead atoms. The summed E-state index contributed by atoms with van der Waals surface area (Å²) in [5, 5.41) is 10.6. The van der Waals surface area contributed by atoms with Crippen LogP contribution in [0.4, 0.5) is 5.69 Å². The minimum atomic E-state index is -0.181. The van der Waals surface area contributed by atoms with Gasteiger partial charge in [-0.05, 0) is 40.2 Å². The summed E-state index contributed by atoms with van der Waals surface area (Å²) < 4.78 is 0.844. The Morgan fingerprint density at radius 2 is 2.22 bits per heavy atom. The van der Waals surface area contributed by atoms with Crippen LogP contribution in [0.25, 0.3) is 10.9 Å². The molecule has 0 radical (unpaired) electrons. The van der Waals surface area contributed by atoms with Gasteiger partial charge in [0.25, 0.3) is 5.91 Å². The van der Waals surface area contributed by atoms with Gasteiger partial charge in [-0.15, -0.1) is 0 Å². The fourth-order valence-electron chi connectivity index (χ4n) is 1.71. The normalized spacial score (nSPS) is 10.7. The maximum absolute atomic E-state index is 11.9. The van der Waals surface area contributed by atoms with Crippen molar-refractivity contribution in [3.8, 4) is 0 Å². The second-order valence-electron chi connectivity index (χ2n) is 3.86. The second-order valence-corrected chi connectivity index (χ2v) is 4.77. The highest BCUT2D eigenvalue weighted by atomic mass is 79.9. The number of rotatable bonds is 2. The lowest BCUT2D eigenvalue weighted by molar-refractivity contribution is 0.102. The molecule has 1 amide bonds. The molecular weight excluding hydrogens is 296 g/mol. The van der Waals surface area contributed by atoms with Crippen molar-refractivity contribution in [2.24, 2.45) is 0 Å². The SMILES string of the molecule is O=C(Nc1ccc2cn[nH]c2c1)c1cc(Br)c[nH]1. The van der Waals surface area contributed by atoms with Gasteiger partial charge < -0.3 is 10.3 Å². The number of nitrogens with one attached hydrogen (secondary N) is 3. The first-order valence-corrected chi connectivity index (χ1v) is 6.10. The van der Waals surface area contributed by atoms with Crippen molar-refractivity contribution in [1.82, 2.24) is 15.2 Å². The number of hydrogen-bond acceptors (Lipinski definition) is 2. The molecule has 0 saturated heterocycles. The second kappa shape index (κ2) is 4.30. The van der Waals surface area contributed by atoms with E-state index in [1.807, 2.05) is 18.2 Å². The van der Waals surface area contributed by atoms with Crippen LogP contribution in [0.3, 0.4) is 0 Å². The number of carbonyl (C=O) groups excluding carboxylic acids is 1. The summed E-state index contributed by atoms with van der Waals surface area (Å²) in [4.78, 5) is 14.8. The number of anilines is 1. The molecule has 0 spiro atoms. The van der Waals surface area contributed by atoms with Crippen molar-refractivity contribution in [1.29, 1.82) is 0 Å². The molecule has 0 fully saturated rings. The average Bonchev–Trinajstić information content (AvgIpc) is 2.96. The van der Waals surface area contributed by atoms with Gasteiger partial charge in [-0.25, -0.2) is 0 Å². The predicted molar refractivity (Wildman–Crippen MR) is 72.5 cm³/mol. The number of aromatic amines is 2. The van der Waals surface area contributed by atoms with E-state index < -0.39 is 0 Å². The third-order valence-corrected chi connectivity index (χ3v) is 3.05. The number of hydrogen-bond donors (Lipinski definition) is 3. The van der Waals surface area contributed by atoms with E-state index in [2.05, 4.69) is 36.4 Å². The Balaban J connectivity index is 1.85. The van der Waals surface area contributed by atoms with Crippen LogP contribution in [0.1, 0.15) is 10.5 Å². The molecule has 90 valence electrons. The Bertz CT molecular complexity index is 716. The van der Waals surface area contributed by atoms with Gasteiger partial charge in [0.1, 0.15) is 5.69 Å². The van der Waals surface area contributed by atoms with Crippen LogP contribution in [-0.2, 0) is 0 Å². The monoisotopic (exact) mass is 304 g/mol. The van der Waals surface area contributed by atoms with E-state index in [-0.39, 0.29) is 5.91 Å². The first kappa shape index (κ1) is 11.0. The van der Waals surface area contributed by atoms with Gasteiger partial charge in [-0.3, -0.25) is 9.89 Å². The van der Waals surface area contributed by atoms with E-state index in [1.54, 1.807) is 18.5 Å². The molecule has 5 nitrogen and oxygen atoms in total. The van der Waals surface area contributed by atoms with E-state index in [9.17, 15) is 4.79 Å². The fourth-order valence-corrected chi connectivity index (χ4v) is 2.06. The smallest absolute Gasteiger partial charge is 0.272 e. The highest BCUT2D eigenvalue weighted by molar-refractivity contribution is 9.10. The molecular formula is C12H9BrN4O. The molecule has 3 N–H and O–H groups in total. The Morgan fingerprint density at radius 1 is 1.33 bits per heavy atom. The molecule has 2 aromatic heterocycles. The zero-order valence-corrected chi connectivity index (χ0v) is 10.8. The Labute approximate surface area is 111 Å². The Hall–Kier alpha value is -2.08. The average molecular weight is 305 g/mol. The first-order valence-electron chi connectivity index (χ1n) is 5.31. The number of halogens is 1. The third kappa shape index (κ3) is 2.02. The van der Waals surface area contributed by atoms with Crippen LogP contribution in [0.5, 0.6) is 0 Å². The van der Waals surface area contributed by atoms with Gasteiger partial charge in [0, 0.05) is 21.7 Å². The molecule has 0 aliphatic carbocycles. The van der Waals surface area contributed by atoms with Crippen molar-refractivity contribution >= 4 is 38.4 Å². The molecule has 0 unspecified atom stereocenters. The number of benzene rings is 1. The number of nitrogens with zero attached hydrogens (tertiary/aromatic N) is 1. The molecule has 3 rings (SSSR count). The van der Waals surface area contributed by atoms with Crippen molar-refractivity contribution < 1.29 is 4.79 Å². The minimum Gasteiger partial charge on any atom is -0.356 e. The molecule has 0 aliphatic heterocycles. The highest BCUT2D eigenvalue weighted by Crippen LogP contribution is 2.18. The van der Waals surface area contributed by atoms with E-state index in [1.165, 1.54) is 0 Å². The molecule has 0 aliphatic rings. The topological polar surface area (TPSA) is 73.6 Å². The Kier molecular flexibility index (Phi) is 2.64. The van der Waals surface area contributed by atoms with Crippen molar-refractivity contribution in [2.75, 3.05) is 5.32 Å². The van der Waals surface area contributed by atoms with E-state index in [0.717, 1.165) is 21.1 Å². The van der Waals surface area contributed by atoms with Gasteiger partial charge >= 0.3 is 0 Å². The lowest BCUT2D eigenvalue weighted by Gasteiger charge is -2.03. The molecule has 18 heavy (non-hydrogen) atoms. The predicted octanol–water partition coefficient (Wildman–Crippen LogP) is 2.91. The number of H-pyrrole nitrogens is 2.